The standard InChI is InChI=1S/C17H20N4O6.C10H16N5O13P3/c1-7-3-9-10(4-8(7)2)21(5-11(23)14(25)12(24)6-22)15-13(18-9)16(26)20-17(27)19-15;11-8-5-9(13-2-12-8)15(3-14-5)10-7(17)6(16)4(26-10)1-25-30(21,22)28-31(23,24)27-29(18,19)20/h3-4,11-12,14,22-25H,5-6H2,1-2H3,(H,20,26,27);2-4,6-7,10,16-17H,1H2,(H,21,22)(H,23,24)(H2,11,12,13)(H2,18,19,20)/t11-,12+,14-;4-,6-,7-,10-/m01/s1. The molecular weight excluding hydrogens is 847 g/mol. The summed E-state index contributed by atoms with van der Waals surface area (Å²) in [4.78, 5) is 81.2. The number of nitrogens with zero attached hydrogens (tertiary/aromatic N) is 7. The Morgan fingerprint density at radius 2 is 1.60 bits per heavy atom. The van der Waals surface area contributed by atoms with Gasteiger partial charge < -0.3 is 65.3 Å². The first-order valence-electron chi connectivity index (χ1n) is 16.2. The van der Waals surface area contributed by atoms with E-state index in [0.717, 1.165) is 17.5 Å². The zero-order valence-corrected chi connectivity index (χ0v) is 32.4. The Morgan fingerprint density at radius 1 is 0.931 bits per heavy atom. The maximum Gasteiger partial charge on any atom is 0.490 e. The number of aliphatic hydroxyl groups excluding tert-OH is 6. The highest BCUT2D eigenvalue weighted by Gasteiger charge is 2.47. The van der Waals surface area contributed by atoms with Crippen LogP contribution < -0.4 is 17.0 Å². The normalized spacial score (nSPS) is 22.3. The number of aromatic amines is 1. The van der Waals surface area contributed by atoms with Gasteiger partial charge in [-0.2, -0.15) is 13.6 Å². The molecule has 1 fully saturated rings. The number of phosphoric acid groups is 3. The molecule has 6 rings (SSSR count). The summed E-state index contributed by atoms with van der Waals surface area (Å²) < 4.78 is 53.3. The molecule has 1 aromatic carbocycles. The van der Waals surface area contributed by atoms with E-state index in [-0.39, 0.29) is 35.0 Å². The van der Waals surface area contributed by atoms with Crippen LogP contribution in [0.3, 0.4) is 0 Å². The summed E-state index contributed by atoms with van der Waals surface area (Å²) in [6, 6.07) is 3.53. The van der Waals surface area contributed by atoms with Crippen LogP contribution in [-0.2, 0) is 38.1 Å². The third-order valence-electron chi connectivity index (χ3n) is 8.39. The number of ether oxygens (including phenoxy) is 1. The maximum atomic E-state index is 12.2. The Labute approximate surface area is 322 Å². The number of fused-ring (bicyclic) bond motifs is 3. The van der Waals surface area contributed by atoms with Crippen molar-refractivity contribution >= 4 is 51.5 Å². The number of aromatic nitrogens is 8. The number of H-pyrrole nitrogens is 1. The molecule has 0 aliphatic carbocycles. The van der Waals surface area contributed by atoms with Crippen molar-refractivity contribution in [2.24, 2.45) is 0 Å². The number of phosphoric ester groups is 1. The van der Waals surface area contributed by atoms with Crippen LogP contribution in [0.4, 0.5) is 5.82 Å². The minimum absolute atomic E-state index is 0.0426. The minimum atomic E-state index is -5.70. The summed E-state index contributed by atoms with van der Waals surface area (Å²) >= 11 is 0. The molecule has 5 heterocycles. The largest absolute Gasteiger partial charge is 0.490 e. The third-order valence-corrected chi connectivity index (χ3v) is 12.2. The van der Waals surface area contributed by atoms with Gasteiger partial charge in [-0.15, -0.1) is 0 Å². The fraction of sp³-hybridized carbons (Fsp3) is 0.444. The number of benzene rings is 1. The molecule has 3 aliphatic heterocycles. The molecule has 0 bridgehead atoms. The second-order valence-electron chi connectivity index (χ2n) is 12.5. The lowest BCUT2D eigenvalue weighted by atomic mass is 10.1. The van der Waals surface area contributed by atoms with Gasteiger partial charge in [-0.3, -0.25) is 18.9 Å². The Bertz CT molecular complexity index is 2530. The van der Waals surface area contributed by atoms with Crippen LogP contribution >= 0.6 is 23.5 Å². The number of nitrogens with one attached hydrogen (secondary N) is 1. The van der Waals surface area contributed by atoms with Crippen molar-refractivity contribution in [3.63, 3.8) is 0 Å². The first kappa shape index (κ1) is 45.1. The Hall–Kier alpha value is -4.02. The zero-order valence-electron chi connectivity index (χ0n) is 29.7. The third kappa shape index (κ3) is 10.2. The van der Waals surface area contributed by atoms with Crippen LogP contribution in [0.25, 0.3) is 33.7 Å². The van der Waals surface area contributed by atoms with Crippen molar-refractivity contribution in [3.8, 4) is 11.5 Å². The van der Waals surface area contributed by atoms with Gasteiger partial charge in [0.25, 0.3) is 5.56 Å². The SMILES string of the molecule is Cc1cc2nc3c(=O)[nH]c(=O)nc-3n(C[C@H](O)[C@H](O)[C@H](O)CO)c2cc1C.Nc1ncnc2c1ncn2[C@@H]1O[C@H](COP(=O)(O)OP(=O)(O)OP(=O)(O)O)[C@@H](O)[C@H]1O. The number of hydrogen-bond acceptors (Lipinski definition) is 21. The van der Waals surface area contributed by atoms with Crippen LogP contribution in [0.15, 0.2) is 34.4 Å². The molecule has 9 atom stereocenters. The monoisotopic (exact) mass is 883 g/mol. The summed E-state index contributed by atoms with van der Waals surface area (Å²) in [7, 11) is -16.7. The van der Waals surface area contributed by atoms with E-state index in [9.17, 15) is 53.7 Å². The van der Waals surface area contributed by atoms with Gasteiger partial charge in [0, 0.05) is 0 Å². The molecule has 1 saturated heterocycles. The molecular formula is C27H36N9O19P3. The van der Waals surface area contributed by atoms with Gasteiger partial charge in [0.2, 0.25) is 0 Å². The molecule has 3 aliphatic rings. The number of imidazole rings is 1. The van der Waals surface area contributed by atoms with E-state index >= 15 is 0 Å². The van der Waals surface area contributed by atoms with E-state index in [1.807, 2.05) is 13.8 Å². The van der Waals surface area contributed by atoms with E-state index in [1.54, 1.807) is 12.1 Å². The first-order valence-corrected chi connectivity index (χ1v) is 20.7. The molecule has 2 aromatic heterocycles. The van der Waals surface area contributed by atoms with Crippen molar-refractivity contribution in [2.75, 3.05) is 18.9 Å². The Balaban J connectivity index is 0.000000223. The van der Waals surface area contributed by atoms with Crippen LogP contribution in [0.5, 0.6) is 0 Å². The van der Waals surface area contributed by atoms with Crippen molar-refractivity contribution in [1.82, 2.24) is 39.0 Å². The molecule has 0 spiro atoms. The second kappa shape index (κ2) is 17.3. The number of anilines is 1. The molecule has 31 heteroatoms. The van der Waals surface area contributed by atoms with E-state index < -0.39 is 90.8 Å². The number of aryl methyl sites for hydroxylation is 2. The van der Waals surface area contributed by atoms with Crippen molar-refractivity contribution in [1.29, 1.82) is 0 Å². The summed E-state index contributed by atoms with van der Waals surface area (Å²) in [5.74, 6) is -0.00904. The average Bonchev–Trinajstić information content (AvgIpc) is 3.67. The summed E-state index contributed by atoms with van der Waals surface area (Å²) in [5.41, 5.74) is 7.11. The predicted octanol–water partition coefficient (Wildman–Crippen LogP) is -3.35. The molecule has 0 saturated carbocycles. The van der Waals surface area contributed by atoms with Gasteiger partial charge in [-0.1, -0.05) is 0 Å². The summed E-state index contributed by atoms with van der Waals surface area (Å²) in [6.45, 7) is 1.77. The van der Waals surface area contributed by atoms with Crippen LogP contribution in [0.2, 0.25) is 0 Å². The fourth-order valence-corrected chi connectivity index (χ4v) is 8.55. The lowest BCUT2D eigenvalue weighted by Gasteiger charge is -2.25. The predicted molar refractivity (Wildman–Crippen MR) is 191 cm³/mol. The molecule has 28 nitrogen and oxygen atoms in total. The molecule has 3 aromatic rings. The number of rotatable bonds is 13. The van der Waals surface area contributed by atoms with Gasteiger partial charge in [-0.05, 0) is 37.1 Å². The highest BCUT2D eigenvalue weighted by molar-refractivity contribution is 7.66. The summed E-state index contributed by atoms with van der Waals surface area (Å²) in [6.07, 6.45) is -8.37. The highest BCUT2D eigenvalue weighted by atomic mass is 31.3. The molecule has 318 valence electrons. The van der Waals surface area contributed by atoms with Crippen LogP contribution in [0, 0.1) is 13.8 Å². The van der Waals surface area contributed by atoms with Gasteiger partial charge in [0.15, 0.2) is 29.2 Å². The Kier molecular flexibility index (Phi) is 13.4. The molecule has 0 amide bonds. The topological polar surface area (TPSA) is 441 Å². The van der Waals surface area contributed by atoms with E-state index in [2.05, 4.69) is 43.0 Å². The lowest BCUT2D eigenvalue weighted by molar-refractivity contribution is -0.0802. The molecule has 0 radical (unpaired) electrons. The van der Waals surface area contributed by atoms with Gasteiger partial charge in [-0.25, -0.2) is 38.4 Å². The van der Waals surface area contributed by atoms with Crippen molar-refractivity contribution in [3.05, 3.63) is 56.8 Å². The van der Waals surface area contributed by atoms with Crippen LogP contribution in [0.1, 0.15) is 17.4 Å². The quantitative estimate of drug-likeness (QED) is 0.0406. The van der Waals surface area contributed by atoms with Crippen LogP contribution in [-0.4, -0.2) is 139 Å². The van der Waals surface area contributed by atoms with Gasteiger partial charge >= 0.3 is 29.2 Å². The van der Waals surface area contributed by atoms with E-state index in [4.69, 9.17) is 30.3 Å². The smallest absolute Gasteiger partial charge is 0.394 e. The Morgan fingerprint density at radius 3 is 2.26 bits per heavy atom. The van der Waals surface area contributed by atoms with Gasteiger partial charge in [0.1, 0.15) is 48.5 Å². The first-order chi connectivity index (χ1) is 26.9. The van der Waals surface area contributed by atoms with Crippen molar-refractivity contribution < 1.29 is 81.8 Å². The fourth-order valence-electron chi connectivity index (χ4n) is 5.52. The lowest BCUT2D eigenvalue weighted by Crippen LogP contribution is -2.42. The van der Waals surface area contributed by atoms with Crippen molar-refractivity contribution in [2.45, 2.75) is 63.2 Å². The number of aliphatic hydroxyl groups is 6. The number of nitrogens with two attached hydrogens (primary N) is 1. The molecule has 2 unspecified atom stereocenters. The van der Waals surface area contributed by atoms with E-state index in [1.165, 1.54) is 15.5 Å². The number of nitrogen functional groups attached to an aromatic ring is 1. The molecule has 58 heavy (non-hydrogen) atoms. The maximum absolute atomic E-state index is 12.2. The average molecular weight is 884 g/mol. The zero-order chi connectivity index (χ0) is 43.1. The number of hydrogen-bond donors (Lipinski definition) is 12. The second-order valence-corrected chi connectivity index (χ2v) is 16.9. The summed E-state index contributed by atoms with van der Waals surface area (Å²) in [5, 5.41) is 59.2. The highest BCUT2D eigenvalue weighted by Crippen LogP contribution is 2.66. The van der Waals surface area contributed by atoms with E-state index in [0.29, 0.717) is 11.0 Å². The minimum Gasteiger partial charge on any atom is -0.394 e. The molecule has 13 N–H and O–H groups in total. The van der Waals surface area contributed by atoms with Gasteiger partial charge in [0.05, 0.1) is 37.1 Å².